The van der Waals surface area contributed by atoms with Gasteiger partial charge in [0.25, 0.3) is 0 Å². The fourth-order valence-corrected chi connectivity index (χ4v) is 0.479. The van der Waals surface area contributed by atoms with Crippen LogP contribution in [-0.4, -0.2) is 13.1 Å². The van der Waals surface area contributed by atoms with Crippen molar-refractivity contribution in [3.05, 3.63) is 0 Å². The van der Waals surface area contributed by atoms with E-state index in [0.29, 0.717) is 0 Å². The maximum absolute atomic E-state index is 3.25. The van der Waals surface area contributed by atoms with Crippen molar-refractivity contribution in [1.29, 1.82) is 0 Å². The predicted octanol–water partition coefficient (Wildman–Crippen LogP) is -1.49. The summed E-state index contributed by atoms with van der Waals surface area (Å²) >= 11 is 0. The molecule has 46 valence electrons. The van der Waals surface area contributed by atoms with E-state index in [1.165, 1.54) is 19.4 Å². The molecule has 0 amide bonds. The van der Waals surface area contributed by atoms with Crippen molar-refractivity contribution in [3.63, 3.8) is 0 Å². The molecule has 0 unspecified atom stereocenters. The van der Waals surface area contributed by atoms with Crippen molar-refractivity contribution in [2.75, 3.05) is 13.1 Å². The fraction of sp³-hybridized carbons (Fsp3) is 1.00. The molecular formula is C6H16LiN. The maximum Gasteiger partial charge on any atom is 1.00 e. The van der Waals surface area contributed by atoms with Crippen molar-refractivity contribution >= 4 is 0 Å². The Balaban J connectivity index is -0.000000180. The summed E-state index contributed by atoms with van der Waals surface area (Å²) in [5.41, 5.74) is 0. The van der Waals surface area contributed by atoms with Crippen molar-refractivity contribution in [3.8, 4) is 0 Å². The molecule has 0 spiro atoms. The van der Waals surface area contributed by atoms with Crippen LogP contribution >= 0.6 is 0 Å². The third-order valence-corrected chi connectivity index (χ3v) is 0.957. The van der Waals surface area contributed by atoms with E-state index in [4.69, 9.17) is 0 Å². The summed E-state index contributed by atoms with van der Waals surface area (Å²) in [6, 6.07) is 0. The van der Waals surface area contributed by atoms with Crippen LogP contribution < -0.4 is 24.2 Å². The van der Waals surface area contributed by atoms with Gasteiger partial charge in [0.05, 0.1) is 0 Å². The Morgan fingerprint density at radius 2 is 2.00 bits per heavy atom. The number of unbranched alkanes of at least 4 members (excludes halogenated alkanes) is 1. The molecular weight excluding hydrogens is 93.0 g/mol. The Hall–Kier alpha value is 0.557. The van der Waals surface area contributed by atoms with Gasteiger partial charge in [-0.2, -0.15) is 0 Å². The van der Waals surface area contributed by atoms with Crippen LogP contribution in [0.5, 0.6) is 0 Å². The van der Waals surface area contributed by atoms with E-state index in [1.807, 2.05) is 0 Å². The normalized spacial score (nSPS) is 8.25. The molecule has 0 atom stereocenters. The van der Waals surface area contributed by atoms with E-state index in [-0.39, 0.29) is 20.3 Å². The minimum absolute atomic E-state index is 0. The molecule has 0 rings (SSSR count). The summed E-state index contributed by atoms with van der Waals surface area (Å²) in [4.78, 5) is 0. The Kier molecular flexibility index (Phi) is 14.9. The van der Waals surface area contributed by atoms with Gasteiger partial charge in [-0.25, -0.2) is 0 Å². The summed E-state index contributed by atoms with van der Waals surface area (Å²) in [6.45, 7) is 6.64. The Morgan fingerprint density at radius 3 is 2.38 bits per heavy atom. The molecule has 0 bridgehead atoms. The van der Waals surface area contributed by atoms with Gasteiger partial charge in [0.15, 0.2) is 0 Å². The Labute approximate surface area is 65.9 Å². The smallest absolute Gasteiger partial charge is 1.00 e. The average Bonchev–Trinajstić information content (AvgIpc) is 1.69. The second kappa shape index (κ2) is 10.5. The summed E-state index contributed by atoms with van der Waals surface area (Å²) < 4.78 is 0. The zero-order chi connectivity index (χ0) is 5.54. The molecule has 0 aliphatic rings. The van der Waals surface area contributed by atoms with Crippen LogP contribution in [-0.2, 0) is 0 Å². The molecule has 2 heteroatoms. The Morgan fingerprint density at radius 1 is 1.38 bits per heavy atom. The molecule has 8 heavy (non-hydrogen) atoms. The quantitative estimate of drug-likeness (QED) is 0.343. The molecule has 0 aromatic carbocycles. The van der Waals surface area contributed by atoms with Crippen molar-refractivity contribution in [2.45, 2.75) is 26.7 Å². The number of rotatable bonds is 4. The maximum atomic E-state index is 3.25. The van der Waals surface area contributed by atoms with Gasteiger partial charge in [0.1, 0.15) is 0 Å². The third kappa shape index (κ3) is 9.75. The van der Waals surface area contributed by atoms with Crippen LogP contribution in [0, 0.1) is 0 Å². The molecule has 1 nitrogen and oxygen atoms in total. The van der Waals surface area contributed by atoms with Gasteiger partial charge in [-0.3, -0.25) is 0 Å². The SMILES string of the molecule is CCCCNCC.[H-].[Li+]. The number of hydrogen-bond acceptors (Lipinski definition) is 1. The summed E-state index contributed by atoms with van der Waals surface area (Å²) in [5.74, 6) is 0. The van der Waals surface area contributed by atoms with Crippen LogP contribution in [0.15, 0.2) is 0 Å². The van der Waals surface area contributed by atoms with Crippen molar-refractivity contribution in [2.24, 2.45) is 0 Å². The molecule has 0 aliphatic carbocycles. The van der Waals surface area contributed by atoms with E-state index < -0.39 is 0 Å². The third-order valence-electron chi connectivity index (χ3n) is 0.957. The molecule has 0 aliphatic heterocycles. The second-order valence-corrected chi connectivity index (χ2v) is 1.71. The number of nitrogens with one attached hydrogen (secondary N) is 1. The van der Waals surface area contributed by atoms with Gasteiger partial charge in [-0.1, -0.05) is 20.3 Å². The molecule has 0 radical (unpaired) electrons. The molecule has 0 aromatic heterocycles. The first-order valence-electron chi connectivity index (χ1n) is 3.12. The first kappa shape index (κ1) is 11.4. The molecule has 0 saturated carbocycles. The van der Waals surface area contributed by atoms with Crippen LogP contribution in [0.2, 0.25) is 0 Å². The Bertz CT molecular complexity index is 32.2. The van der Waals surface area contributed by atoms with E-state index >= 15 is 0 Å². The standard InChI is InChI=1S/C6H15N.Li.H/c1-3-5-6-7-4-2;;/h7H,3-6H2,1-2H3;;/q;+1;-1. The van der Waals surface area contributed by atoms with Gasteiger partial charge in [-0.05, 0) is 19.5 Å². The summed E-state index contributed by atoms with van der Waals surface area (Å²) in [7, 11) is 0. The summed E-state index contributed by atoms with van der Waals surface area (Å²) in [6.07, 6.45) is 2.61. The average molecular weight is 109 g/mol. The van der Waals surface area contributed by atoms with Crippen LogP contribution in [0.25, 0.3) is 0 Å². The van der Waals surface area contributed by atoms with E-state index in [9.17, 15) is 0 Å². The molecule has 0 aromatic rings. The second-order valence-electron chi connectivity index (χ2n) is 1.71. The van der Waals surface area contributed by atoms with Crippen LogP contribution in [0.3, 0.4) is 0 Å². The van der Waals surface area contributed by atoms with E-state index in [2.05, 4.69) is 19.2 Å². The molecule has 0 saturated heterocycles. The zero-order valence-electron chi connectivity index (χ0n) is 7.33. The van der Waals surface area contributed by atoms with Gasteiger partial charge in [0.2, 0.25) is 0 Å². The summed E-state index contributed by atoms with van der Waals surface area (Å²) in [5, 5.41) is 3.25. The predicted molar refractivity (Wildman–Crippen MR) is 34.6 cm³/mol. The van der Waals surface area contributed by atoms with Crippen LogP contribution in [0.4, 0.5) is 0 Å². The zero-order valence-corrected chi connectivity index (χ0v) is 6.33. The van der Waals surface area contributed by atoms with Crippen molar-refractivity contribution < 1.29 is 20.3 Å². The van der Waals surface area contributed by atoms with Gasteiger partial charge >= 0.3 is 18.9 Å². The van der Waals surface area contributed by atoms with Gasteiger partial charge < -0.3 is 6.74 Å². The molecule has 0 heterocycles. The van der Waals surface area contributed by atoms with Crippen molar-refractivity contribution in [1.82, 2.24) is 5.32 Å². The topological polar surface area (TPSA) is 12.0 Å². The van der Waals surface area contributed by atoms with E-state index in [1.54, 1.807) is 0 Å². The molecule has 0 fully saturated rings. The van der Waals surface area contributed by atoms with E-state index in [0.717, 1.165) is 6.54 Å². The van der Waals surface area contributed by atoms with Gasteiger partial charge in [0, 0.05) is 0 Å². The minimum Gasteiger partial charge on any atom is -1.00 e. The van der Waals surface area contributed by atoms with Gasteiger partial charge in [-0.15, -0.1) is 0 Å². The minimum atomic E-state index is 0. The molecule has 1 N–H and O–H groups in total. The number of hydrogen-bond donors (Lipinski definition) is 1. The monoisotopic (exact) mass is 109 g/mol. The van der Waals surface area contributed by atoms with Crippen LogP contribution in [0.1, 0.15) is 28.1 Å². The largest absolute Gasteiger partial charge is 1.00 e. The first-order valence-corrected chi connectivity index (χ1v) is 3.12. The first-order chi connectivity index (χ1) is 3.41. The fourth-order valence-electron chi connectivity index (χ4n) is 0.479.